The number of hydrogen-bond acceptors (Lipinski definition) is 7. The van der Waals surface area contributed by atoms with Crippen LogP contribution in [0, 0.1) is 0 Å². The molecule has 6 rings (SSSR count). The van der Waals surface area contributed by atoms with Crippen LogP contribution in [-0.2, 0) is 28.5 Å². The molecule has 1 aliphatic rings. The van der Waals surface area contributed by atoms with Crippen molar-refractivity contribution in [2.24, 2.45) is 0 Å². The Kier molecular flexibility index (Phi) is 8.33. The van der Waals surface area contributed by atoms with Gasteiger partial charge in [-0.2, -0.15) is 4.98 Å². The van der Waals surface area contributed by atoms with E-state index in [1.165, 1.54) is 5.56 Å². The second kappa shape index (κ2) is 12.8. The number of hydrogen-bond donors (Lipinski definition) is 1. The van der Waals surface area contributed by atoms with Crippen molar-refractivity contribution in [2.45, 2.75) is 37.1 Å². The van der Waals surface area contributed by atoms with Gasteiger partial charge in [-0.25, -0.2) is 9.48 Å². The summed E-state index contributed by atoms with van der Waals surface area (Å²) in [5.41, 5.74) is 5.24. The van der Waals surface area contributed by atoms with Gasteiger partial charge in [0.1, 0.15) is 25.0 Å². The van der Waals surface area contributed by atoms with E-state index in [2.05, 4.69) is 17.4 Å². The lowest BCUT2D eigenvalue weighted by Gasteiger charge is -2.28. The quantitative estimate of drug-likeness (QED) is 0.140. The van der Waals surface area contributed by atoms with Crippen molar-refractivity contribution < 1.29 is 14.3 Å². The highest BCUT2D eigenvalue weighted by molar-refractivity contribution is 7.98. The molecule has 0 amide bonds. The van der Waals surface area contributed by atoms with E-state index in [0.717, 1.165) is 28.2 Å². The molecule has 1 unspecified atom stereocenters. The lowest BCUT2D eigenvalue weighted by atomic mass is 9.95. The minimum atomic E-state index is -0.522. The zero-order chi connectivity index (χ0) is 28.7. The molecule has 0 spiro atoms. The van der Waals surface area contributed by atoms with Crippen LogP contribution >= 0.6 is 11.8 Å². The summed E-state index contributed by atoms with van der Waals surface area (Å²) in [5, 5.41) is 8.75. The van der Waals surface area contributed by atoms with Crippen LogP contribution in [0.25, 0.3) is 0 Å². The summed E-state index contributed by atoms with van der Waals surface area (Å²) in [7, 11) is 0. The fourth-order valence-corrected chi connectivity index (χ4v) is 5.56. The SMILES string of the molecule is CC1=C(C(=O)OCc2ccccc2)C(c2ccc(OCc3ccccc3)cc2)n2nc(SCc3ccccc3)nc2N1. The third kappa shape index (κ3) is 6.39. The minimum absolute atomic E-state index is 0.178. The summed E-state index contributed by atoms with van der Waals surface area (Å²) in [6, 6.07) is 37.2. The lowest BCUT2D eigenvalue weighted by molar-refractivity contribution is -0.140. The molecule has 7 nitrogen and oxygen atoms in total. The van der Waals surface area contributed by atoms with Crippen molar-refractivity contribution in [2.75, 3.05) is 5.32 Å². The number of thioether (sulfide) groups is 1. The van der Waals surface area contributed by atoms with Crippen molar-refractivity contribution in [3.63, 3.8) is 0 Å². The second-order valence-corrected chi connectivity index (χ2v) is 10.9. The van der Waals surface area contributed by atoms with Gasteiger partial charge >= 0.3 is 5.97 Å². The summed E-state index contributed by atoms with van der Waals surface area (Å²) in [6.07, 6.45) is 0. The summed E-state index contributed by atoms with van der Waals surface area (Å²) in [6.45, 7) is 2.52. The van der Waals surface area contributed by atoms with Crippen LogP contribution in [0.15, 0.2) is 132 Å². The molecule has 5 aromatic rings. The summed E-state index contributed by atoms with van der Waals surface area (Å²) >= 11 is 1.55. The third-order valence-corrected chi connectivity index (χ3v) is 7.83. The molecule has 2 heterocycles. The predicted molar refractivity (Wildman–Crippen MR) is 164 cm³/mol. The standard InChI is InChI=1S/C34H30N4O3S/c1-24-30(32(39)41-22-26-13-7-3-8-14-26)31(28-17-19-29(20-18-28)40-21-25-11-5-2-6-12-25)38-33(35-24)36-34(37-38)42-23-27-15-9-4-10-16-27/h2-20,31H,21-23H2,1H3,(H,35,36,37). The van der Waals surface area contributed by atoms with E-state index in [1.54, 1.807) is 16.4 Å². The molecule has 1 atom stereocenters. The zero-order valence-electron chi connectivity index (χ0n) is 23.1. The number of nitrogens with one attached hydrogen (secondary N) is 1. The highest BCUT2D eigenvalue weighted by Crippen LogP contribution is 2.37. The molecule has 0 bridgehead atoms. The number of allylic oxidation sites excluding steroid dienone is 1. The normalized spacial score (nSPS) is 14.2. The molecule has 42 heavy (non-hydrogen) atoms. The highest BCUT2D eigenvalue weighted by Gasteiger charge is 2.35. The van der Waals surface area contributed by atoms with Crippen LogP contribution in [0.2, 0.25) is 0 Å². The van der Waals surface area contributed by atoms with Crippen molar-refractivity contribution in [1.29, 1.82) is 0 Å². The van der Waals surface area contributed by atoms with Crippen LogP contribution in [0.3, 0.4) is 0 Å². The lowest BCUT2D eigenvalue weighted by Crippen LogP contribution is -2.29. The predicted octanol–water partition coefficient (Wildman–Crippen LogP) is 7.18. The number of benzene rings is 4. The monoisotopic (exact) mass is 574 g/mol. The molecule has 8 heteroatoms. The first-order chi connectivity index (χ1) is 20.6. The van der Waals surface area contributed by atoms with Gasteiger partial charge in [0.25, 0.3) is 0 Å². The Hall–Kier alpha value is -4.82. The average molecular weight is 575 g/mol. The number of aromatic nitrogens is 3. The molecule has 1 aliphatic heterocycles. The van der Waals surface area contributed by atoms with E-state index in [9.17, 15) is 4.79 Å². The maximum Gasteiger partial charge on any atom is 0.338 e. The van der Waals surface area contributed by atoms with Gasteiger partial charge in [-0.3, -0.25) is 0 Å². The van der Waals surface area contributed by atoms with Crippen molar-refractivity contribution in [3.8, 4) is 5.75 Å². The summed E-state index contributed by atoms with van der Waals surface area (Å²) in [5.74, 6) is 1.65. The third-order valence-electron chi connectivity index (χ3n) is 6.92. The molecule has 0 saturated heterocycles. The Morgan fingerprint density at radius 3 is 2.05 bits per heavy atom. The Bertz CT molecular complexity index is 1670. The minimum Gasteiger partial charge on any atom is -0.489 e. The van der Waals surface area contributed by atoms with Crippen LogP contribution in [0.1, 0.15) is 35.2 Å². The van der Waals surface area contributed by atoms with E-state index < -0.39 is 12.0 Å². The Balaban J connectivity index is 1.27. The van der Waals surface area contributed by atoms with Gasteiger partial charge in [-0.15, -0.1) is 5.10 Å². The van der Waals surface area contributed by atoms with Gasteiger partial charge in [-0.1, -0.05) is 115 Å². The first kappa shape index (κ1) is 27.4. The highest BCUT2D eigenvalue weighted by atomic mass is 32.2. The van der Waals surface area contributed by atoms with Gasteiger partial charge in [0.2, 0.25) is 11.1 Å². The summed E-state index contributed by atoms with van der Waals surface area (Å²) in [4.78, 5) is 18.4. The van der Waals surface area contributed by atoms with Crippen molar-refractivity contribution in [3.05, 3.63) is 149 Å². The molecule has 210 valence electrons. The molecule has 0 radical (unpaired) electrons. The molecule has 0 fully saturated rings. The van der Waals surface area contributed by atoms with Crippen molar-refractivity contribution in [1.82, 2.24) is 14.8 Å². The molecule has 1 aromatic heterocycles. The number of fused-ring (bicyclic) bond motifs is 1. The number of nitrogens with zero attached hydrogens (tertiary/aromatic N) is 3. The number of rotatable bonds is 10. The smallest absolute Gasteiger partial charge is 0.338 e. The van der Waals surface area contributed by atoms with Crippen LogP contribution in [0.5, 0.6) is 5.75 Å². The molecule has 0 aliphatic carbocycles. The summed E-state index contributed by atoms with van der Waals surface area (Å²) < 4.78 is 13.6. The molecular formula is C34H30N4O3S. The fourth-order valence-electron chi connectivity index (χ4n) is 4.78. The van der Waals surface area contributed by atoms with Crippen LogP contribution < -0.4 is 10.1 Å². The number of carbonyl (C=O) groups is 1. The van der Waals surface area contributed by atoms with Gasteiger partial charge in [-0.05, 0) is 41.3 Å². The van der Waals surface area contributed by atoms with E-state index in [4.69, 9.17) is 19.6 Å². The average Bonchev–Trinajstić information content (AvgIpc) is 3.45. The number of carbonyl (C=O) groups excluding carboxylic acids is 1. The van der Waals surface area contributed by atoms with E-state index >= 15 is 0 Å². The van der Waals surface area contributed by atoms with Crippen LogP contribution in [0.4, 0.5) is 5.95 Å². The maximum atomic E-state index is 13.6. The first-order valence-electron chi connectivity index (χ1n) is 13.7. The Morgan fingerprint density at radius 1 is 0.810 bits per heavy atom. The number of esters is 1. The van der Waals surface area contributed by atoms with Gasteiger partial charge in [0.15, 0.2) is 0 Å². The maximum absolute atomic E-state index is 13.6. The molecule has 0 saturated carbocycles. The number of ether oxygens (including phenoxy) is 2. The van der Waals surface area contributed by atoms with Gasteiger partial charge in [0.05, 0.1) is 5.57 Å². The largest absolute Gasteiger partial charge is 0.489 e. The molecule has 4 aromatic carbocycles. The van der Waals surface area contributed by atoms with Crippen molar-refractivity contribution >= 4 is 23.7 Å². The van der Waals surface area contributed by atoms with E-state index in [1.807, 2.05) is 110 Å². The zero-order valence-corrected chi connectivity index (χ0v) is 24.0. The second-order valence-electron chi connectivity index (χ2n) is 9.91. The molecule has 1 N–H and O–H groups in total. The first-order valence-corrected chi connectivity index (χ1v) is 14.7. The number of anilines is 1. The van der Waals surface area contributed by atoms with Gasteiger partial charge < -0.3 is 14.8 Å². The van der Waals surface area contributed by atoms with Crippen LogP contribution in [-0.4, -0.2) is 20.7 Å². The Labute approximate surface area is 249 Å². The fraction of sp³-hybridized carbons (Fsp3) is 0.147. The van der Waals surface area contributed by atoms with E-state index in [0.29, 0.717) is 29.0 Å². The topological polar surface area (TPSA) is 78.3 Å². The Morgan fingerprint density at radius 2 is 1.40 bits per heavy atom. The molecular weight excluding hydrogens is 544 g/mol. The van der Waals surface area contributed by atoms with Gasteiger partial charge in [0, 0.05) is 11.4 Å². The van der Waals surface area contributed by atoms with E-state index in [-0.39, 0.29) is 6.61 Å².